The fourth-order valence-corrected chi connectivity index (χ4v) is 3.77. The van der Waals surface area contributed by atoms with Crippen LogP contribution in [-0.4, -0.2) is 30.8 Å². The highest BCUT2D eigenvalue weighted by molar-refractivity contribution is 5.96. The molecule has 0 saturated heterocycles. The van der Waals surface area contributed by atoms with Crippen molar-refractivity contribution in [3.63, 3.8) is 0 Å². The maximum absolute atomic E-state index is 12.4. The van der Waals surface area contributed by atoms with Crippen molar-refractivity contribution in [3.8, 4) is 17.1 Å². The van der Waals surface area contributed by atoms with E-state index in [2.05, 4.69) is 20.4 Å². The Hall–Kier alpha value is -3.74. The van der Waals surface area contributed by atoms with Crippen molar-refractivity contribution in [2.24, 2.45) is 7.05 Å². The van der Waals surface area contributed by atoms with Crippen LogP contribution in [-0.2, 0) is 11.8 Å². The number of nitrogens with zero attached hydrogens (tertiary/aromatic N) is 4. The minimum Gasteiger partial charge on any atom is -0.506 e. The number of rotatable bonds is 2. The number of aromatic hydroxyl groups is 1. The number of para-hydroxylation sites is 1. The number of phenols is 1. The van der Waals surface area contributed by atoms with Gasteiger partial charge in [0.05, 0.1) is 5.69 Å². The van der Waals surface area contributed by atoms with Crippen LogP contribution < -0.4 is 5.32 Å². The normalized spacial score (nSPS) is 16.0. The third-order valence-electron chi connectivity index (χ3n) is 5.06. The Morgan fingerprint density at radius 1 is 1.14 bits per heavy atom. The Morgan fingerprint density at radius 2 is 2.04 bits per heavy atom. The smallest absolute Gasteiger partial charge is 0.226 e. The van der Waals surface area contributed by atoms with Gasteiger partial charge in [0, 0.05) is 42.2 Å². The molecular formula is C21H17N5O2. The fraction of sp³-hybridized carbons (Fsp3) is 0.143. The molecule has 28 heavy (non-hydrogen) atoms. The number of hydrogen-bond donors (Lipinski definition) is 2. The van der Waals surface area contributed by atoms with Crippen molar-refractivity contribution < 1.29 is 9.90 Å². The van der Waals surface area contributed by atoms with E-state index in [4.69, 9.17) is 0 Å². The number of aryl methyl sites for hydroxylation is 1. The van der Waals surface area contributed by atoms with Gasteiger partial charge in [-0.3, -0.25) is 14.5 Å². The highest BCUT2D eigenvalue weighted by atomic mass is 16.3. The summed E-state index contributed by atoms with van der Waals surface area (Å²) < 4.78 is 1.67. The molecule has 7 nitrogen and oxygen atoms in total. The zero-order valence-electron chi connectivity index (χ0n) is 15.1. The van der Waals surface area contributed by atoms with Crippen molar-refractivity contribution >= 4 is 22.6 Å². The third kappa shape index (κ3) is 2.51. The molecule has 0 fully saturated rings. The predicted octanol–water partition coefficient (Wildman–Crippen LogP) is 3.21. The van der Waals surface area contributed by atoms with Gasteiger partial charge >= 0.3 is 0 Å². The summed E-state index contributed by atoms with van der Waals surface area (Å²) in [5.41, 5.74) is 3.60. The molecule has 0 unspecified atom stereocenters. The quantitative estimate of drug-likeness (QED) is 0.564. The summed E-state index contributed by atoms with van der Waals surface area (Å²) in [7, 11) is 1.80. The van der Waals surface area contributed by atoms with Crippen LogP contribution >= 0.6 is 0 Å². The summed E-state index contributed by atoms with van der Waals surface area (Å²) in [5.74, 6) is 0.405. The summed E-state index contributed by atoms with van der Waals surface area (Å²) in [6, 6.07) is 14.8. The monoisotopic (exact) mass is 371 g/mol. The summed E-state index contributed by atoms with van der Waals surface area (Å²) >= 11 is 0. The van der Waals surface area contributed by atoms with Gasteiger partial charge < -0.3 is 10.4 Å². The van der Waals surface area contributed by atoms with E-state index in [-0.39, 0.29) is 24.0 Å². The van der Waals surface area contributed by atoms with Crippen LogP contribution in [0, 0.1) is 0 Å². The molecule has 2 N–H and O–H groups in total. The summed E-state index contributed by atoms with van der Waals surface area (Å²) in [5, 5.41) is 18.6. The second-order valence-corrected chi connectivity index (χ2v) is 6.84. The van der Waals surface area contributed by atoms with Gasteiger partial charge in [-0.05, 0) is 24.3 Å². The van der Waals surface area contributed by atoms with Gasteiger partial charge in [-0.1, -0.05) is 24.3 Å². The van der Waals surface area contributed by atoms with E-state index in [1.165, 1.54) is 0 Å². The fourth-order valence-electron chi connectivity index (χ4n) is 3.77. The molecule has 3 aromatic heterocycles. The van der Waals surface area contributed by atoms with E-state index in [9.17, 15) is 9.90 Å². The maximum atomic E-state index is 12.4. The minimum atomic E-state index is -0.279. The summed E-state index contributed by atoms with van der Waals surface area (Å²) in [6.45, 7) is 0. The Balaban J connectivity index is 1.73. The molecule has 0 saturated carbocycles. The molecular weight excluding hydrogens is 354 g/mol. The van der Waals surface area contributed by atoms with E-state index < -0.39 is 0 Å². The van der Waals surface area contributed by atoms with Gasteiger partial charge in [0.25, 0.3) is 0 Å². The number of fused-ring (bicyclic) bond motifs is 2. The van der Waals surface area contributed by atoms with Gasteiger partial charge in [0.15, 0.2) is 0 Å². The second-order valence-electron chi connectivity index (χ2n) is 6.84. The third-order valence-corrected chi connectivity index (χ3v) is 5.06. The molecule has 0 aliphatic carbocycles. The lowest BCUT2D eigenvalue weighted by molar-refractivity contribution is -0.116. The van der Waals surface area contributed by atoms with Gasteiger partial charge in [-0.15, -0.1) is 0 Å². The first-order chi connectivity index (χ1) is 13.6. The number of hydrogen-bond acceptors (Lipinski definition) is 5. The predicted molar refractivity (Wildman–Crippen MR) is 105 cm³/mol. The molecule has 0 spiro atoms. The molecule has 7 heteroatoms. The number of amides is 1. The molecule has 1 aliphatic rings. The van der Waals surface area contributed by atoms with Crippen LogP contribution in [0.2, 0.25) is 0 Å². The highest BCUT2D eigenvalue weighted by Gasteiger charge is 2.34. The van der Waals surface area contributed by atoms with Gasteiger partial charge in [0.1, 0.15) is 22.8 Å². The molecule has 0 bridgehead atoms. The second kappa shape index (κ2) is 6.16. The van der Waals surface area contributed by atoms with E-state index in [0.717, 1.165) is 28.0 Å². The summed E-state index contributed by atoms with van der Waals surface area (Å²) in [6.07, 6.45) is 1.98. The molecule has 4 heterocycles. The number of carbonyl (C=O) groups excluding carboxylic acids is 1. The maximum Gasteiger partial charge on any atom is 0.226 e. The molecule has 138 valence electrons. The largest absolute Gasteiger partial charge is 0.506 e. The first-order valence-electron chi connectivity index (χ1n) is 8.98. The molecule has 1 aromatic carbocycles. The van der Waals surface area contributed by atoms with E-state index in [0.29, 0.717) is 11.3 Å². The molecule has 1 amide bonds. The minimum absolute atomic E-state index is 0.0905. The average molecular weight is 371 g/mol. The topological polar surface area (TPSA) is 92.9 Å². The summed E-state index contributed by atoms with van der Waals surface area (Å²) in [4.78, 5) is 21.5. The number of aromatic nitrogens is 4. The van der Waals surface area contributed by atoms with Crippen molar-refractivity contribution in [1.29, 1.82) is 0 Å². The lowest BCUT2D eigenvalue weighted by Gasteiger charge is -2.23. The number of benzene rings is 1. The van der Waals surface area contributed by atoms with Gasteiger partial charge in [0.2, 0.25) is 5.91 Å². The number of nitrogens with one attached hydrogen (secondary N) is 1. The van der Waals surface area contributed by atoms with Crippen LogP contribution in [0.4, 0.5) is 5.82 Å². The van der Waals surface area contributed by atoms with E-state index in [1.807, 2.05) is 36.4 Å². The van der Waals surface area contributed by atoms with E-state index in [1.54, 1.807) is 30.1 Å². The van der Waals surface area contributed by atoms with Crippen LogP contribution in [0.3, 0.4) is 0 Å². The Bertz CT molecular complexity index is 1220. The number of anilines is 1. The van der Waals surface area contributed by atoms with Crippen LogP contribution in [0.15, 0.2) is 54.7 Å². The number of pyridine rings is 2. The van der Waals surface area contributed by atoms with Crippen LogP contribution in [0.5, 0.6) is 5.75 Å². The van der Waals surface area contributed by atoms with Crippen molar-refractivity contribution in [2.75, 3.05) is 5.32 Å². The number of phenolic OH excluding ortho intramolecular Hbond substituents is 1. The first-order valence-corrected chi connectivity index (χ1v) is 8.98. The zero-order valence-corrected chi connectivity index (χ0v) is 15.1. The molecule has 4 aromatic rings. The first kappa shape index (κ1) is 16.4. The lowest BCUT2D eigenvalue weighted by atomic mass is 9.87. The van der Waals surface area contributed by atoms with Gasteiger partial charge in [-0.2, -0.15) is 5.10 Å². The molecule has 0 radical (unpaired) electrons. The van der Waals surface area contributed by atoms with Gasteiger partial charge in [-0.25, -0.2) is 4.98 Å². The molecule has 5 rings (SSSR count). The van der Waals surface area contributed by atoms with Crippen molar-refractivity contribution in [2.45, 2.75) is 12.3 Å². The molecule has 1 atom stereocenters. The van der Waals surface area contributed by atoms with Crippen LogP contribution in [0.1, 0.15) is 23.6 Å². The Morgan fingerprint density at radius 3 is 2.86 bits per heavy atom. The number of carbonyl (C=O) groups is 1. The standard InChI is InChI=1S/C21H17N5O2/c1-26-21-18(20(25-26)15-6-2-3-10-22-15)13(11-17(28)24-21)14-9-8-12-5-4-7-16(27)19(12)23-14/h2-10,13,27H,11H2,1H3,(H,24,28)/t13-/m0/s1. The lowest BCUT2D eigenvalue weighted by Crippen LogP contribution is -2.25. The Kier molecular flexibility index (Phi) is 3.61. The zero-order chi connectivity index (χ0) is 19.3. The Labute approximate surface area is 160 Å². The van der Waals surface area contributed by atoms with Crippen LogP contribution in [0.25, 0.3) is 22.3 Å². The van der Waals surface area contributed by atoms with E-state index >= 15 is 0 Å². The average Bonchev–Trinajstić information content (AvgIpc) is 3.05. The van der Waals surface area contributed by atoms with Crippen molar-refractivity contribution in [1.82, 2.24) is 19.7 Å². The highest BCUT2D eigenvalue weighted by Crippen LogP contribution is 2.42. The molecule has 1 aliphatic heterocycles. The SMILES string of the molecule is Cn1nc(-c2ccccn2)c2c1NC(=O)C[C@H]2c1ccc2cccc(O)c2n1. The van der Waals surface area contributed by atoms with Crippen molar-refractivity contribution in [3.05, 3.63) is 66.0 Å².